The number of aliphatic hydroxyl groups excluding tert-OH is 1. The Morgan fingerprint density at radius 2 is 1.73 bits per heavy atom. The van der Waals surface area contributed by atoms with Crippen molar-refractivity contribution in [1.29, 1.82) is 0 Å². The number of phenols is 1. The molecule has 0 aromatic heterocycles. The first kappa shape index (κ1) is 20.1. The highest BCUT2D eigenvalue weighted by Gasteiger charge is 2.44. The second-order valence-electron chi connectivity index (χ2n) is 4.94. The van der Waals surface area contributed by atoms with Gasteiger partial charge < -0.3 is 15.5 Å². The molecule has 1 aromatic rings. The van der Waals surface area contributed by atoms with E-state index in [0.29, 0.717) is 40.7 Å². The number of nitrogens with one attached hydrogen (secondary N) is 1. The monoisotopic (exact) mass is 464 g/mol. The molecule has 1 heterocycles. The zero-order valence-corrected chi connectivity index (χ0v) is 15.5. The number of rotatable bonds is 4. The van der Waals surface area contributed by atoms with E-state index in [0.717, 1.165) is 0 Å². The molecule has 1 atom stereocenters. The van der Waals surface area contributed by atoms with E-state index in [-0.39, 0.29) is 18.2 Å². The standard InChI is InChI=1S/C13H16Br2F2N2O2.ClH/c14-9-5-8(6-10(15)11(9)21)12(13(16,17)7-20)19-3-1-18-2-4-19;/h5-6,12,18,20-21H,1-4,7H2;1H/t12-;/m0./s1. The minimum Gasteiger partial charge on any atom is -0.506 e. The Bertz CT molecular complexity index is 494. The van der Waals surface area contributed by atoms with Gasteiger partial charge in [0.2, 0.25) is 0 Å². The molecule has 0 unspecified atom stereocenters. The first-order valence-corrected chi connectivity index (χ1v) is 8.07. The number of halogens is 5. The lowest BCUT2D eigenvalue weighted by atomic mass is 9.98. The second-order valence-corrected chi connectivity index (χ2v) is 6.65. The summed E-state index contributed by atoms with van der Waals surface area (Å²) in [5.74, 6) is -3.31. The SMILES string of the molecule is Cl.OCC(F)(F)[C@H](c1cc(Br)c(O)c(Br)c1)N1CCNCC1. The number of hydrogen-bond donors (Lipinski definition) is 3. The predicted octanol–water partition coefficient (Wildman–Crippen LogP) is 2.91. The fraction of sp³-hybridized carbons (Fsp3) is 0.538. The summed E-state index contributed by atoms with van der Waals surface area (Å²) in [5.41, 5.74) is 0.340. The van der Waals surface area contributed by atoms with Crippen molar-refractivity contribution in [2.24, 2.45) is 0 Å². The largest absolute Gasteiger partial charge is 0.506 e. The van der Waals surface area contributed by atoms with Crippen LogP contribution in [-0.2, 0) is 0 Å². The molecule has 0 saturated carbocycles. The van der Waals surface area contributed by atoms with Gasteiger partial charge in [-0.15, -0.1) is 12.4 Å². The number of phenolic OH excluding ortho intramolecular Hbond substituents is 1. The van der Waals surface area contributed by atoms with Gasteiger partial charge in [0, 0.05) is 26.2 Å². The normalized spacial score (nSPS) is 17.9. The number of piperazine rings is 1. The fourth-order valence-electron chi connectivity index (χ4n) is 2.49. The van der Waals surface area contributed by atoms with Crippen molar-refractivity contribution < 1.29 is 19.0 Å². The Labute approximate surface area is 150 Å². The highest BCUT2D eigenvalue weighted by Crippen LogP contribution is 2.41. The summed E-state index contributed by atoms with van der Waals surface area (Å²) >= 11 is 6.32. The molecule has 1 aliphatic rings. The van der Waals surface area contributed by atoms with Crippen molar-refractivity contribution in [2.75, 3.05) is 32.8 Å². The number of benzene rings is 1. The summed E-state index contributed by atoms with van der Waals surface area (Å²) in [6.45, 7) is 0.960. The summed E-state index contributed by atoms with van der Waals surface area (Å²) in [5, 5.41) is 21.9. The van der Waals surface area contributed by atoms with Gasteiger partial charge in [0.15, 0.2) is 0 Å². The van der Waals surface area contributed by atoms with E-state index in [1.165, 1.54) is 12.1 Å². The molecule has 22 heavy (non-hydrogen) atoms. The zero-order valence-electron chi connectivity index (χ0n) is 11.5. The predicted molar refractivity (Wildman–Crippen MR) is 90.0 cm³/mol. The van der Waals surface area contributed by atoms with Crippen LogP contribution < -0.4 is 5.32 Å². The molecule has 0 bridgehead atoms. The van der Waals surface area contributed by atoms with Crippen LogP contribution in [0.4, 0.5) is 8.78 Å². The van der Waals surface area contributed by atoms with Crippen LogP contribution in [0.5, 0.6) is 5.75 Å². The third-order valence-corrected chi connectivity index (χ3v) is 4.69. The Balaban J connectivity index is 0.00000242. The number of hydrogen-bond acceptors (Lipinski definition) is 4. The second kappa shape index (κ2) is 8.21. The first-order chi connectivity index (χ1) is 9.86. The van der Waals surface area contributed by atoms with Gasteiger partial charge in [0.1, 0.15) is 18.4 Å². The zero-order chi connectivity index (χ0) is 15.6. The van der Waals surface area contributed by atoms with E-state index in [4.69, 9.17) is 5.11 Å². The quantitative estimate of drug-likeness (QED) is 0.639. The van der Waals surface area contributed by atoms with Crippen molar-refractivity contribution in [3.05, 3.63) is 26.6 Å². The highest BCUT2D eigenvalue weighted by molar-refractivity contribution is 9.11. The van der Waals surface area contributed by atoms with Crippen LogP contribution in [-0.4, -0.2) is 53.8 Å². The molecular formula is C13H17Br2ClF2N2O2. The average molecular weight is 467 g/mol. The molecule has 2 rings (SSSR count). The average Bonchev–Trinajstić information content (AvgIpc) is 2.46. The van der Waals surface area contributed by atoms with E-state index in [1.807, 2.05) is 0 Å². The minimum atomic E-state index is -3.27. The lowest BCUT2D eigenvalue weighted by Crippen LogP contribution is -2.51. The minimum absolute atomic E-state index is 0. The molecule has 126 valence electrons. The van der Waals surface area contributed by atoms with Gasteiger partial charge >= 0.3 is 0 Å². The van der Waals surface area contributed by atoms with E-state index < -0.39 is 18.6 Å². The molecule has 0 amide bonds. The van der Waals surface area contributed by atoms with Crippen molar-refractivity contribution in [3.8, 4) is 5.75 Å². The fourth-order valence-corrected chi connectivity index (χ4v) is 3.71. The van der Waals surface area contributed by atoms with Crippen LogP contribution in [0.25, 0.3) is 0 Å². The molecule has 4 nitrogen and oxygen atoms in total. The molecule has 9 heteroatoms. The number of alkyl halides is 2. The van der Waals surface area contributed by atoms with Crippen LogP contribution in [0.15, 0.2) is 21.1 Å². The van der Waals surface area contributed by atoms with Gasteiger partial charge in [-0.25, -0.2) is 8.78 Å². The Morgan fingerprint density at radius 1 is 1.23 bits per heavy atom. The molecule has 0 aliphatic carbocycles. The maximum atomic E-state index is 14.2. The Morgan fingerprint density at radius 3 is 2.18 bits per heavy atom. The van der Waals surface area contributed by atoms with E-state index in [1.54, 1.807) is 4.90 Å². The maximum Gasteiger partial charge on any atom is 0.289 e. The van der Waals surface area contributed by atoms with E-state index in [2.05, 4.69) is 37.2 Å². The van der Waals surface area contributed by atoms with Gasteiger partial charge in [0.05, 0.1) is 8.95 Å². The highest BCUT2D eigenvalue weighted by atomic mass is 79.9. The summed E-state index contributed by atoms with van der Waals surface area (Å²) < 4.78 is 29.2. The molecule has 0 spiro atoms. The van der Waals surface area contributed by atoms with Crippen LogP contribution in [0.3, 0.4) is 0 Å². The smallest absolute Gasteiger partial charge is 0.289 e. The summed E-state index contributed by atoms with van der Waals surface area (Å²) in [7, 11) is 0. The summed E-state index contributed by atoms with van der Waals surface area (Å²) in [6, 6.07) is 1.70. The third kappa shape index (κ3) is 4.30. The van der Waals surface area contributed by atoms with Crippen LogP contribution in [0.2, 0.25) is 0 Å². The summed E-state index contributed by atoms with van der Waals surface area (Å²) in [4.78, 5) is 1.65. The van der Waals surface area contributed by atoms with Crippen molar-refractivity contribution >= 4 is 44.3 Å². The van der Waals surface area contributed by atoms with Gasteiger partial charge in [-0.1, -0.05) is 0 Å². The van der Waals surface area contributed by atoms with Gasteiger partial charge in [-0.05, 0) is 49.6 Å². The molecule has 1 aromatic carbocycles. The number of aromatic hydroxyl groups is 1. The maximum absolute atomic E-state index is 14.2. The van der Waals surface area contributed by atoms with E-state index >= 15 is 0 Å². The van der Waals surface area contributed by atoms with Crippen molar-refractivity contribution in [2.45, 2.75) is 12.0 Å². The van der Waals surface area contributed by atoms with Crippen LogP contribution >= 0.6 is 44.3 Å². The summed E-state index contributed by atoms with van der Waals surface area (Å²) in [6.07, 6.45) is 0. The van der Waals surface area contributed by atoms with Crippen LogP contribution in [0.1, 0.15) is 11.6 Å². The molecule has 1 fully saturated rings. The third-order valence-electron chi connectivity index (χ3n) is 3.48. The lowest BCUT2D eigenvalue weighted by Gasteiger charge is -2.39. The van der Waals surface area contributed by atoms with E-state index in [9.17, 15) is 13.9 Å². The number of nitrogens with zero attached hydrogens (tertiary/aromatic N) is 1. The molecule has 1 aliphatic heterocycles. The van der Waals surface area contributed by atoms with Crippen molar-refractivity contribution in [3.63, 3.8) is 0 Å². The number of aliphatic hydroxyl groups is 1. The van der Waals surface area contributed by atoms with Gasteiger partial charge in [-0.2, -0.15) is 0 Å². The first-order valence-electron chi connectivity index (χ1n) is 6.48. The molecule has 3 N–H and O–H groups in total. The molecular weight excluding hydrogens is 449 g/mol. The lowest BCUT2D eigenvalue weighted by molar-refractivity contribution is -0.118. The topological polar surface area (TPSA) is 55.7 Å². The van der Waals surface area contributed by atoms with Gasteiger partial charge in [-0.3, -0.25) is 4.90 Å². The Kier molecular flexibility index (Phi) is 7.48. The Hall–Kier alpha value is 0.01000. The van der Waals surface area contributed by atoms with Crippen LogP contribution in [0, 0.1) is 0 Å². The van der Waals surface area contributed by atoms with Gasteiger partial charge in [0.25, 0.3) is 5.92 Å². The van der Waals surface area contributed by atoms with Crippen molar-refractivity contribution in [1.82, 2.24) is 10.2 Å². The molecule has 0 radical (unpaired) electrons. The molecule has 1 saturated heterocycles.